The maximum Gasteiger partial charge on any atom is 0.0645 e. The van der Waals surface area contributed by atoms with Gasteiger partial charge in [-0.3, -0.25) is 0 Å². The summed E-state index contributed by atoms with van der Waals surface area (Å²) in [7, 11) is 0. The molecule has 0 bridgehead atoms. The van der Waals surface area contributed by atoms with Gasteiger partial charge in [-0.05, 0) is 368 Å². The van der Waals surface area contributed by atoms with E-state index in [4.69, 9.17) is 0 Å². The summed E-state index contributed by atoms with van der Waals surface area (Å²) in [6.07, 6.45) is 6.66. The van der Waals surface area contributed by atoms with Crippen molar-refractivity contribution >= 4 is 97.9 Å². The molecule has 0 saturated heterocycles. The van der Waals surface area contributed by atoms with Crippen LogP contribution >= 0.6 is 11.8 Å². The Bertz CT molecular complexity index is 5700. The van der Waals surface area contributed by atoms with E-state index in [1.807, 2.05) is 180 Å². The molecule has 78 heavy (non-hydrogen) atoms. The van der Waals surface area contributed by atoms with Crippen molar-refractivity contribution in [3.63, 3.8) is 0 Å². The van der Waals surface area contributed by atoms with Crippen LogP contribution in [0.3, 0.4) is 0 Å². The highest BCUT2D eigenvalue weighted by Gasteiger charge is 2.90. The molecule has 1 fully saturated rings. The smallest absolute Gasteiger partial charge is 0.0645 e. The molecule has 34 rings (SSSR count). The van der Waals surface area contributed by atoms with E-state index in [0.29, 0.717) is 124 Å². The number of benzene rings is 10. The van der Waals surface area contributed by atoms with E-state index in [-0.39, 0.29) is 10.2 Å². The maximum absolute atomic E-state index is 2.98. The van der Waals surface area contributed by atoms with Crippen molar-refractivity contribution in [3.05, 3.63) is 140 Å². The van der Waals surface area contributed by atoms with Gasteiger partial charge in [-0.25, -0.2) is 0 Å². The molecule has 22 aliphatic carbocycles. The Balaban J connectivity index is 0.923. The van der Waals surface area contributed by atoms with E-state index in [1.165, 1.54) is 32.1 Å². The molecule has 0 amide bonds. The SMILES string of the molecule is CCCCC(CC)Cc1cc2c(c(C(C)C)c1)C13c4c5c6c7c8c9c%10c%11c%12c%13c%14c%15c(c%16c%13c%10c7c4-%16)C1(S2)C1C%15C2c4c7c%10c%13c%15c%16c%17c%18c%19c%20c%21c%22c%23c(c4c4c%22c%19c%16c%104)C2C%14C%12C%23C%21C%11C9C%20C%18C8C6C%17C%15C5C3C%13C71. The summed E-state index contributed by atoms with van der Waals surface area (Å²) in [5.74, 6) is 14.5. The second kappa shape index (κ2) is 8.37. The second-order valence-corrected chi connectivity index (χ2v) is 34.2. The predicted molar refractivity (Wildman–Crippen MR) is 308 cm³/mol. The summed E-state index contributed by atoms with van der Waals surface area (Å²) in [4.78, 5) is 1.81. The van der Waals surface area contributed by atoms with Gasteiger partial charge < -0.3 is 0 Å². The van der Waals surface area contributed by atoms with Gasteiger partial charge in [-0.15, -0.1) is 11.8 Å². The number of rotatable bonds is 7. The Kier molecular flexibility index (Phi) is 3.65. The van der Waals surface area contributed by atoms with Crippen molar-refractivity contribution in [1.82, 2.24) is 0 Å². The molecule has 360 valence electrons. The van der Waals surface area contributed by atoms with Crippen LogP contribution in [0.25, 0.3) is 97.3 Å². The van der Waals surface area contributed by atoms with Crippen molar-refractivity contribution in [2.24, 2.45) is 17.8 Å². The number of fused-ring (bicyclic) bond motifs is 1. The van der Waals surface area contributed by atoms with Crippen LogP contribution in [0, 0.1) is 17.8 Å². The zero-order valence-electron chi connectivity index (χ0n) is 43.8. The maximum atomic E-state index is 2.98. The van der Waals surface area contributed by atoms with Crippen molar-refractivity contribution < 1.29 is 0 Å². The highest BCUT2D eigenvalue weighted by Crippen LogP contribution is 3.01. The van der Waals surface area contributed by atoms with E-state index in [2.05, 4.69) is 96.1 Å². The Hall–Kier alpha value is -5.37. The standard InChI is InChI=1S/C77H46S/c1-5-7-8-13(6-2)9-14-10-15(12(3)4)71-16(11-14)78-77-74-67-61-51-39-31-23-19-17-18-21-25(23)33(39)43-37-29(21)30-22(18)26-24-20(17)28-27(19)35-41(31)49-55-45(35)46-36(28)42-32(24)40-34(26)44-38(30)48-47(37)59(53(43)61)69(74)70-60(48)54(44)62-52(40)58-50(42)56(46)64-63(55)72(65(67)57(49)51)76(71,77)73(64)66(58)68(62)75(70)77/h10-13,19,21,23,25,27,29,35,37,45-48,56,60,64,66,68,70,73,75H,5-9H2,1-4H3. The molecule has 23 unspecified atom stereocenters. The number of unbranched alkanes of at least 4 members (excludes halogenated alkanes) is 1. The highest BCUT2D eigenvalue weighted by atomic mass is 32.2. The van der Waals surface area contributed by atoms with Gasteiger partial charge in [-0.1, -0.05) is 59.4 Å². The van der Waals surface area contributed by atoms with Crippen LogP contribution in [0.5, 0.6) is 0 Å². The van der Waals surface area contributed by atoms with Gasteiger partial charge in [0, 0.05) is 10.3 Å². The minimum atomic E-state index is 0.00501. The fourth-order valence-electron chi connectivity index (χ4n) is 33.9. The van der Waals surface area contributed by atoms with Gasteiger partial charge in [0.15, 0.2) is 0 Å². The molecule has 2 spiro atoms. The van der Waals surface area contributed by atoms with Crippen molar-refractivity contribution in [1.29, 1.82) is 0 Å². The van der Waals surface area contributed by atoms with E-state index in [9.17, 15) is 0 Å². The molecule has 23 atom stereocenters. The molecule has 11 aromatic rings. The quantitative estimate of drug-likeness (QED) is 0.143. The molecular formula is C77H46S. The molecule has 0 nitrogen and oxygen atoms in total. The summed E-state index contributed by atoms with van der Waals surface area (Å²) in [6.45, 7) is 10.3. The molecule has 0 N–H and O–H groups in total. The van der Waals surface area contributed by atoms with E-state index < -0.39 is 0 Å². The fraction of sp³-hybridized carbons (Fsp3) is 0.429. The number of hydrogen-bond acceptors (Lipinski definition) is 1. The van der Waals surface area contributed by atoms with E-state index in [0.717, 1.165) is 5.92 Å². The van der Waals surface area contributed by atoms with Crippen LogP contribution in [0.2, 0.25) is 0 Å². The van der Waals surface area contributed by atoms with Crippen LogP contribution in [-0.4, -0.2) is 0 Å². The third-order valence-corrected chi connectivity index (χ3v) is 34.7. The largest absolute Gasteiger partial charge is 0.112 e. The molecule has 1 aliphatic heterocycles. The fourth-order valence-corrected chi connectivity index (χ4v) is 36.1. The summed E-state index contributed by atoms with van der Waals surface area (Å²) < 4.78 is 0.0392. The topological polar surface area (TPSA) is 0 Å². The molecule has 0 aromatic heterocycles. The summed E-state index contributed by atoms with van der Waals surface area (Å²) in [5, 5.41) is 30.9. The van der Waals surface area contributed by atoms with Gasteiger partial charge in [0.25, 0.3) is 0 Å². The van der Waals surface area contributed by atoms with Gasteiger partial charge >= 0.3 is 0 Å². The van der Waals surface area contributed by atoms with Gasteiger partial charge in [0.2, 0.25) is 0 Å². The first kappa shape index (κ1) is 34.0. The molecule has 1 saturated carbocycles. The Labute approximate surface area is 451 Å². The monoisotopic (exact) mass is 1000 g/mol. The molecule has 23 aliphatic rings. The summed E-state index contributed by atoms with van der Waals surface area (Å²) >= 11 is 2.66. The third-order valence-electron chi connectivity index (χ3n) is 33.1. The van der Waals surface area contributed by atoms with Crippen LogP contribution in [0.4, 0.5) is 0 Å². The molecule has 1 heteroatoms. The van der Waals surface area contributed by atoms with Gasteiger partial charge in [0.05, 0.1) is 4.75 Å². The molecular weight excluding hydrogens is 957 g/mol. The molecule has 1 heterocycles. The van der Waals surface area contributed by atoms with Crippen molar-refractivity contribution in [2.75, 3.05) is 0 Å². The lowest BCUT2D eigenvalue weighted by atomic mass is 9.39. The lowest BCUT2D eigenvalue weighted by Gasteiger charge is -2.65. The van der Waals surface area contributed by atoms with Crippen molar-refractivity contribution in [3.8, 4) is 11.1 Å². The zero-order chi connectivity index (χ0) is 47.6. The first-order chi connectivity index (χ1) is 38.6. The zero-order valence-corrected chi connectivity index (χ0v) is 44.6. The van der Waals surface area contributed by atoms with Crippen LogP contribution in [-0.2, 0) is 16.6 Å². The van der Waals surface area contributed by atoms with Gasteiger partial charge in [0.1, 0.15) is 0 Å². The van der Waals surface area contributed by atoms with E-state index >= 15 is 0 Å². The molecule has 11 aromatic carbocycles. The van der Waals surface area contributed by atoms with Crippen LogP contribution in [0.15, 0.2) is 17.0 Å². The minimum absolute atomic E-state index is 0.00501. The third kappa shape index (κ3) is 2.05. The van der Waals surface area contributed by atoms with E-state index in [1.54, 1.807) is 5.56 Å². The lowest BCUT2D eigenvalue weighted by molar-refractivity contribution is 0.0336. The minimum Gasteiger partial charge on any atom is -0.112 e. The van der Waals surface area contributed by atoms with Crippen LogP contribution < -0.4 is 0 Å². The highest BCUT2D eigenvalue weighted by molar-refractivity contribution is 8.00. The average molecular weight is 1000 g/mol. The first-order valence-corrected chi connectivity index (χ1v) is 33.5. The number of thioether (sulfide) groups is 1. The molecule has 0 radical (unpaired) electrons. The van der Waals surface area contributed by atoms with Crippen LogP contribution in [0.1, 0.15) is 294 Å². The number of hydrogen-bond donors (Lipinski definition) is 0. The Morgan fingerprint density at radius 1 is 0.385 bits per heavy atom. The second-order valence-electron chi connectivity index (χ2n) is 32.9. The summed E-state index contributed by atoms with van der Waals surface area (Å²) in [5.41, 5.74) is 50.4. The predicted octanol–water partition coefficient (Wildman–Crippen LogP) is 18.4. The Morgan fingerprint density at radius 2 is 0.744 bits per heavy atom. The average Bonchev–Trinajstić information content (AvgIpc) is 1.47. The Morgan fingerprint density at radius 3 is 1.19 bits per heavy atom. The first-order valence-electron chi connectivity index (χ1n) is 32.7. The van der Waals surface area contributed by atoms with Crippen molar-refractivity contribution in [2.45, 2.75) is 187 Å². The summed E-state index contributed by atoms with van der Waals surface area (Å²) in [6, 6.07) is 5.92. The lowest BCUT2D eigenvalue weighted by Crippen LogP contribution is -2.62. The van der Waals surface area contributed by atoms with Gasteiger partial charge in [-0.2, -0.15) is 0 Å². The normalized spacial score (nSPS) is 44.8.